The van der Waals surface area contributed by atoms with Crippen LogP contribution in [0.3, 0.4) is 0 Å². The second-order valence-electron chi connectivity index (χ2n) is 8.38. The van der Waals surface area contributed by atoms with Crippen LogP contribution >= 0.6 is 0 Å². The number of aliphatic hydroxyl groups excluding tert-OH is 1. The number of likely N-dealkylation sites (tertiary alicyclic amines) is 1. The standard InChI is InChI=1S/C26H31NO6/c1-16(2)32-19-10-8-9-18(15-19)24(28)22-23(27(13-14-31-5)26(30)25(22)29)20-11-6-7-12-21(20)33-17(3)4/h6-12,15-17,23,28H,13-14H2,1-5H3/b24-22-. The second kappa shape index (κ2) is 10.5. The lowest BCUT2D eigenvalue weighted by Crippen LogP contribution is -2.33. The average Bonchev–Trinajstić information content (AvgIpc) is 3.01. The first-order valence-corrected chi connectivity index (χ1v) is 11.0. The number of ketones is 1. The van der Waals surface area contributed by atoms with Crippen LogP contribution in [-0.2, 0) is 14.3 Å². The van der Waals surface area contributed by atoms with Gasteiger partial charge < -0.3 is 24.2 Å². The third kappa shape index (κ3) is 5.37. The molecule has 0 bridgehead atoms. The minimum absolute atomic E-state index is 0.0117. The van der Waals surface area contributed by atoms with E-state index in [1.807, 2.05) is 39.8 Å². The Morgan fingerprint density at radius 1 is 1.00 bits per heavy atom. The lowest BCUT2D eigenvalue weighted by molar-refractivity contribution is -0.140. The van der Waals surface area contributed by atoms with E-state index in [1.54, 1.807) is 36.4 Å². The van der Waals surface area contributed by atoms with Gasteiger partial charge in [-0.25, -0.2) is 0 Å². The molecule has 2 aromatic rings. The molecular weight excluding hydrogens is 422 g/mol. The molecule has 1 saturated heterocycles. The molecule has 0 spiro atoms. The normalized spacial score (nSPS) is 17.8. The van der Waals surface area contributed by atoms with Crippen molar-refractivity contribution in [3.8, 4) is 11.5 Å². The first kappa shape index (κ1) is 24.3. The number of methoxy groups -OCH3 is 1. The highest BCUT2D eigenvalue weighted by Crippen LogP contribution is 2.43. The first-order valence-electron chi connectivity index (χ1n) is 11.0. The molecule has 33 heavy (non-hydrogen) atoms. The molecule has 3 rings (SSSR count). The third-order valence-electron chi connectivity index (χ3n) is 5.13. The number of benzene rings is 2. The number of ether oxygens (including phenoxy) is 3. The van der Waals surface area contributed by atoms with E-state index in [0.717, 1.165) is 0 Å². The van der Waals surface area contributed by atoms with Crippen molar-refractivity contribution in [3.63, 3.8) is 0 Å². The van der Waals surface area contributed by atoms with E-state index < -0.39 is 17.7 Å². The Balaban J connectivity index is 2.18. The van der Waals surface area contributed by atoms with E-state index >= 15 is 0 Å². The Bertz CT molecular complexity index is 1040. The summed E-state index contributed by atoms with van der Waals surface area (Å²) in [7, 11) is 1.53. The molecule has 0 radical (unpaired) electrons. The number of hydrogen-bond donors (Lipinski definition) is 1. The van der Waals surface area contributed by atoms with Gasteiger partial charge in [0.1, 0.15) is 17.3 Å². The maximum Gasteiger partial charge on any atom is 0.295 e. The van der Waals surface area contributed by atoms with Gasteiger partial charge in [0.25, 0.3) is 11.7 Å². The van der Waals surface area contributed by atoms with Crippen molar-refractivity contribution < 1.29 is 28.9 Å². The Morgan fingerprint density at radius 3 is 2.36 bits per heavy atom. The molecule has 7 nitrogen and oxygen atoms in total. The van der Waals surface area contributed by atoms with Gasteiger partial charge in [-0.3, -0.25) is 9.59 Å². The van der Waals surface area contributed by atoms with E-state index in [-0.39, 0.29) is 36.7 Å². The molecule has 0 saturated carbocycles. The van der Waals surface area contributed by atoms with Crippen LogP contribution in [-0.4, -0.2) is 54.2 Å². The van der Waals surface area contributed by atoms with Crippen LogP contribution < -0.4 is 9.47 Å². The number of aliphatic hydroxyl groups is 1. The minimum Gasteiger partial charge on any atom is -0.507 e. The van der Waals surface area contributed by atoms with Gasteiger partial charge in [0, 0.05) is 24.8 Å². The Hall–Kier alpha value is -3.32. The van der Waals surface area contributed by atoms with Gasteiger partial charge in [0.2, 0.25) is 0 Å². The van der Waals surface area contributed by atoms with Gasteiger partial charge in [-0.05, 0) is 45.9 Å². The number of Topliss-reactive ketones (excluding diaryl/α,β-unsaturated/α-hetero) is 1. The molecule has 1 fully saturated rings. The summed E-state index contributed by atoms with van der Waals surface area (Å²) in [4.78, 5) is 27.6. The summed E-state index contributed by atoms with van der Waals surface area (Å²) in [6.45, 7) is 8.04. The molecule has 1 aliphatic rings. The fourth-order valence-corrected chi connectivity index (χ4v) is 3.84. The van der Waals surface area contributed by atoms with Gasteiger partial charge in [-0.1, -0.05) is 30.3 Å². The molecule has 0 aromatic heterocycles. The number of carbonyl (C=O) groups excluding carboxylic acids is 2. The summed E-state index contributed by atoms with van der Waals surface area (Å²) in [6, 6.07) is 13.3. The molecule has 1 aliphatic heterocycles. The molecule has 1 atom stereocenters. The zero-order chi connectivity index (χ0) is 24.1. The van der Waals surface area contributed by atoms with Crippen molar-refractivity contribution in [2.75, 3.05) is 20.3 Å². The lowest BCUT2D eigenvalue weighted by atomic mass is 9.94. The summed E-state index contributed by atoms with van der Waals surface area (Å²) in [5, 5.41) is 11.3. The van der Waals surface area contributed by atoms with Gasteiger partial charge in [-0.2, -0.15) is 0 Å². The van der Waals surface area contributed by atoms with Gasteiger partial charge >= 0.3 is 0 Å². The van der Waals surface area contributed by atoms with Crippen molar-refractivity contribution in [1.29, 1.82) is 0 Å². The van der Waals surface area contributed by atoms with Crippen LogP contribution in [0.25, 0.3) is 5.76 Å². The summed E-state index contributed by atoms with van der Waals surface area (Å²) < 4.78 is 16.9. The Morgan fingerprint density at radius 2 is 1.70 bits per heavy atom. The van der Waals surface area contributed by atoms with Crippen LogP contribution in [0.5, 0.6) is 11.5 Å². The molecule has 1 unspecified atom stereocenters. The Labute approximate surface area is 194 Å². The summed E-state index contributed by atoms with van der Waals surface area (Å²) in [5.41, 5.74) is 1.03. The monoisotopic (exact) mass is 453 g/mol. The van der Waals surface area contributed by atoms with E-state index in [4.69, 9.17) is 14.2 Å². The average molecular weight is 454 g/mol. The molecule has 2 aromatic carbocycles. The molecule has 1 heterocycles. The zero-order valence-corrected chi connectivity index (χ0v) is 19.7. The minimum atomic E-state index is -0.815. The van der Waals surface area contributed by atoms with Gasteiger partial charge in [0.15, 0.2) is 0 Å². The molecular formula is C26H31NO6. The number of amides is 1. The molecule has 176 valence electrons. The second-order valence-corrected chi connectivity index (χ2v) is 8.38. The largest absolute Gasteiger partial charge is 0.507 e. The fourth-order valence-electron chi connectivity index (χ4n) is 3.84. The van der Waals surface area contributed by atoms with Crippen molar-refractivity contribution in [2.45, 2.75) is 45.9 Å². The van der Waals surface area contributed by atoms with Crippen LogP contribution in [0.1, 0.15) is 44.9 Å². The Kier molecular flexibility index (Phi) is 7.76. The van der Waals surface area contributed by atoms with Crippen molar-refractivity contribution in [2.24, 2.45) is 0 Å². The van der Waals surface area contributed by atoms with Crippen LogP contribution in [0.15, 0.2) is 54.1 Å². The summed E-state index contributed by atoms with van der Waals surface area (Å²) in [6.07, 6.45) is -0.167. The number of nitrogens with zero attached hydrogens (tertiary/aromatic N) is 1. The topological polar surface area (TPSA) is 85.3 Å². The van der Waals surface area contributed by atoms with E-state index in [0.29, 0.717) is 22.6 Å². The number of carbonyl (C=O) groups is 2. The SMILES string of the molecule is COCCN1C(=O)C(=O)/C(=C(\O)c2cccc(OC(C)C)c2)C1c1ccccc1OC(C)C. The lowest BCUT2D eigenvalue weighted by Gasteiger charge is -2.27. The first-order chi connectivity index (χ1) is 15.7. The predicted molar refractivity (Wildman–Crippen MR) is 125 cm³/mol. The zero-order valence-electron chi connectivity index (χ0n) is 19.7. The predicted octanol–water partition coefficient (Wildman–Crippen LogP) is 4.33. The van der Waals surface area contributed by atoms with Crippen LogP contribution in [0.4, 0.5) is 0 Å². The van der Waals surface area contributed by atoms with Gasteiger partial charge in [0.05, 0.1) is 30.4 Å². The maximum atomic E-state index is 13.2. The van der Waals surface area contributed by atoms with Crippen LogP contribution in [0, 0.1) is 0 Å². The molecule has 0 aliphatic carbocycles. The highest BCUT2D eigenvalue weighted by molar-refractivity contribution is 6.46. The van der Waals surface area contributed by atoms with Crippen molar-refractivity contribution >= 4 is 17.4 Å². The van der Waals surface area contributed by atoms with E-state index in [9.17, 15) is 14.7 Å². The number of rotatable bonds is 9. The third-order valence-corrected chi connectivity index (χ3v) is 5.13. The van der Waals surface area contributed by atoms with Crippen molar-refractivity contribution in [3.05, 3.63) is 65.2 Å². The smallest absolute Gasteiger partial charge is 0.295 e. The van der Waals surface area contributed by atoms with Crippen molar-refractivity contribution in [1.82, 2.24) is 4.90 Å². The van der Waals surface area contributed by atoms with Gasteiger partial charge in [-0.15, -0.1) is 0 Å². The maximum absolute atomic E-state index is 13.2. The summed E-state index contributed by atoms with van der Waals surface area (Å²) >= 11 is 0. The highest BCUT2D eigenvalue weighted by Gasteiger charge is 2.46. The van der Waals surface area contributed by atoms with E-state index in [1.165, 1.54) is 12.0 Å². The molecule has 7 heteroatoms. The number of para-hydroxylation sites is 1. The summed E-state index contributed by atoms with van der Waals surface area (Å²) in [5.74, 6) is -0.588. The highest BCUT2D eigenvalue weighted by atomic mass is 16.5. The fraction of sp³-hybridized carbons (Fsp3) is 0.385. The molecule has 1 amide bonds. The van der Waals surface area contributed by atoms with E-state index in [2.05, 4.69) is 0 Å². The molecule has 1 N–H and O–H groups in total. The number of hydrogen-bond acceptors (Lipinski definition) is 6. The van der Waals surface area contributed by atoms with Crippen LogP contribution in [0.2, 0.25) is 0 Å². The quantitative estimate of drug-likeness (QED) is 0.346.